The summed E-state index contributed by atoms with van der Waals surface area (Å²) in [6, 6.07) is 6.21. The zero-order valence-electron chi connectivity index (χ0n) is 12.8. The Morgan fingerprint density at radius 1 is 1.38 bits per heavy atom. The fourth-order valence-electron chi connectivity index (χ4n) is 2.97. The van der Waals surface area contributed by atoms with Crippen LogP contribution < -0.4 is 5.32 Å². The number of hydrogen-bond acceptors (Lipinski definition) is 3. The van der Waals surface area contributed by atoms with E-state index < -0.39 is 6.10 Å². The number of nitrogens with zero attached hydrogens (tertiary/aromatic N) is 1. The van der Waals surface area contributed by atoms with E-state index in [9.17, 15) is 5.11 Å². The first kappa shape index (κ1) is 17.0. The second-order valence-corrected chi connectivity index (χ2v) is 7.04. The topological polar surface area (TPSA) is 35.5 Å². The molecule has 4 unspecified atom stereocenters. The first-order valence-electron chi connectivity index (χ1n) is 7.45. The summed E-state index contributed by atoms with van der Waals surface area (Å²) in [4.78, 5) is 2.38. The standard InChI is InChI=1S/C16H24Cl2N2O/c1-10-9-20(3)11(2)6-15(10)19-8-16(21)13-5-4-12(17)7-14(13)18/h4-5,7,10-11,15-16,19,21H,6,8-9H2,1-3H3. The Morgan fingerprint density at radius 2 is 2.10 bits per heavy atom. The number of hydrogen-bond donors (Lipinski definition) is 2. The predicted molar refractivity (Wildman–Crippen MR) is 89.1 cm³/mol. The first-order chi connectivity index (χ1) is 9.88. The quantitative estimate of drug-likeness (QED) is 0.888. The molecule has 1 heterocycles. The normalized spacial score (nSPS) is 28.6. The summed E-state index contributed by atoms with van der Waals surface area (Å²) in [6.45, 7) is 6.08. The molecule has 3 nitrogen and oxygen atoms in total. The van der Waals surface area contributed by atoms with Crippen LogP contribution in [0.2, 0.25) is 10.0 Å². The van der Waals surface area contributed by atoms with Crippen molar-refractivity contribution in [3.8, 4) is 0 Å². The summed E-state index contributed by atoms with van der Waals surface area (Å²) in [5.74, 6) is 0.569. The fraction of sp³-hybridized carbons (Fsp3) is 0.625. The molecule has 0 saturated carbocycles. The first-order valence-corrected chi connectivity index (χ1v) is 8.20. The van der Waals surface area contributed by atoms with Gasteiger partial charge in [0.2, 0.25) is 0 Å². The van der Waals surface area contributed by atoms with E-state index in [1.165, 1.54) is 0 Å². The number of nitrogens with one attached hydrogen (secondary N) is 1. The van der Waals surface area contributed by atoms with Gasteiger partial charge >= 0.3 is 0 Å². The van der Waals surface area contributed by atoms with E-state index in [0.717, 1.165) is 18.5 Å². The lowest BCUT2D eigenvalue weighted by Gasteiger charge is -2.40. The van der Waals surface area contributed by atoms with Crippen LogP contribution in [0.1, 0.15) is 31.9 Å². The molecule has 1 aliphatic heterocycles. The Kier molecular flexibility index (Phi) is 5.92. The zero-order valence-corrected chi connectivity index (χ0v) is 14.3. The zero-order chi connectivity index (χ0) is 15.6. The highest BCUT2D eigenvalue weighted by Crippen LogP contribution is 2.27. The summed E-state index contributed by atoms with van der Waals surface area (Å²) in [5, 5.41) is 14.9. The molecule has 0 radical (unpaired) electrons. The molecule has 118 valence electrons. The van der Waals surface area contributed by atoms with E-state index in [-0.39, 0.29) is 0 Å². The van der Waals surface area contributed by atoms with Crippen LogP contribution in [-0.2, 0) is 0 Å². The van der Waals surface area contributed by atoms with E-state index in [0.29, 0.717) is 34.6 Å². The molecule has 0 aliphatic carbocycles. The van der Waals surface area contributed by atoms with Crippen molar-refractivity contribution in [1.82, 2.24) is 10.2 Å². The van der Waals surface area contributed by atoms with Gasteiger partial charge in [-0.2, -0.15) is 0 Å². The van der Waals surface area contributed by atoms with Crippen molar-refractivity contribution < 1.29 is 5.11 Å². The minimum Gasteiger partial charge on any atom is -0.387 e. The van der Waals surface area contributed by atoms with Gasteiger partial charge in [0.05, 0.1) is 6.10 Å². The van der Waals surface area contributed by atoms with E-state index in [1.807, 2.05) is 0 Å². The minimum atomic E-state index is -0.614. The number of rotatable bonds is 4. The van der Waals surface area contributed by atoms with Crippen LogP contribution in [-0.4, -0.2) is 42.2 Å². The van der Waals surface area contributed by atoms with Gasteiger partial charge in [-0.05, 0) is 38.4 Å². The van der Waals surface area contributed by atoms with E-state index in [2.05, 4.69) is 31.1 Å². The Labute approximate surface area is 137 Å². The predicted octanol–water partition coefficient (Wildman–Crippen LogP) is 3.35. The van der Waals surface area contributed by atoms with E-state index >= 15 is 0 Å². The van der Waals surface area contributed by atoms with Gasteiger partial charge in [0.1, 0.15) is 0 Å². The van der Waals surface area contributed by atoms with Crippen molar-refractivity contribution in [3.63, 3.8) is 0 Å². The van der Waals surface area contributed by atoms with Gasteiger partial charge in [0.25, 0.3) is 0 Å². The molecule has 1 fully saturated rings. The molecule has 0 spiro atoms. The van der Waals surface area contributed by atoms with Gasteiger partial charge in [-0.25, -0.2) is 0 Å². The Hall–Kier alpha value is -0.320. The Balaban J connectivity index is 1.93. The maximum absolute atomic E-state index is 10.3. The molecular formula is C16H24Cl2N2O. The highest BCUT2D eigenvalue weighted by molar-refractivity contribution is 6.35. The Bertz CT molecular complexity index is 483. The lowest BCUT2D eigenvalue weighted by atomic mass is 9.89. The Morgan fingerprint density at radius 3 is 2.76 bits per heavy atom. The molecule has 1 aromatic rings. The third kappa shape index (κ3) is 4.33. The van der Waals surface area contributed by atoms with Gasteiger partial charge < -0.3 is 15.3 Å². The van der Waals surface area contributed by atoms with Crippen molar-refractivity contribution in [2.75, 3.05) is 20.1 Å². The molecule has 1 saturated heterocycles. The molecule has 1 aliphatic rings. The van der Waals surface area contributed by atoms with Crippen molar-refractivity contribution in [2.45, 2.75) is 38.5 Å². The molecule has 2 N–H and O–H groups in total. The minimum absolute atomic E-state index is 0.428. The largest absolute Gasteiger partial charge is 0.387 e. The van der Waals surface area contributed by atoms with Crippen molar-refractivity contribution in [1.29, 1.82) is 0 Å². The van der Waals surface area contributed by atoms with Crippen LogP contribution >= 0.6 is 23.2 Å². The van der Waals surface area contributed by atoms with Crippen LogP contribution in [0.5, 0.6) is 0 Å². The highest BCUT2D eigenvalue weighted by Gasteiger charge is 2.29. The molecule has 1 aromatic carbocycles. The number of aliphatic hydroxyl groups excluding tert-OH is 1. The van der Waals surface area contributed by atoms with Crippen LogP contribution in [0.3, 0.4) is 0 Å². The molecule has 0 aromatic heterocycles. The summed E-state index contributed by atoms with van der Waals surface area (Å²) in [5.41, 5.74) is 0.724. The van der Waals surface area contributed by atoms with Gasteiger partial charge in [-0.3, -0.25) is 0 Å². The monoisotopic (exact) mass is 330 g/mol. The van der Waals surface area contributed by atoms with Gasteiger partial charge in [-0.1, -0.05) is 36.2 Å². The smallest absolute Gasteiger partial charge is 0.0928 e. The molecule has 5 heteroatoms. The summed E-state index contributed by atoms with van der Waals surface area (Å²) in [6.07, 6.45) is 0.482. The maximum atomic E-state index is 10.3. The molecule has 2 rings (SSSR count). The summed E-state index contributed by atoms with van der Waals surface area (Å²) in [7, 11) is 2.17. The average Bonchev–Trinajstić information content (AvgIpc) is 2.41. The summed E-state index contributed by atoms with van der Waals surface area (Å²) >= 11 is 12.0. The van der Waals surface area contributed by atoms with E-state index in [4.69, 9.17) is 23.2 Å². The lowest BCUT2D eigenvalue weighted by molar-refractivity contribution is 0.106. The number of halogens is 2. The van der Waals surface area contributed by atoms with E-state index in [1.54, 1.807) is 18.2 Å². The molecule has 0 amide bonds. The second-order valence-electron chi connectivity index (χ2n) is 6.20. The van der Waals surface area contributed by atoms with Crippen LogP contribution in [0.15, 0.2) is 18.2 Å². The van der Waals surface area contributed by atoms with Crippen molar-refractivity contribution in [3.05, 3.63) is 33.8 Å². The van der Waals surface area contributed by atoms with Gasteiger partial charge in [-0.15, -0.1) is 0 Å². The third-order valence-electron chi connectivity index (χ3n) is 4.51. The highest BCUT2D eigenvalue weighted by atomic mass is 35.5. The molecule has 21 heavy (non-hydrogen) atoms. The summed E-state index contributed by atoms with van der Waals surface area (Å²) < 4.78 is 0. The molecular weight excluding hydrogens is 307 g/mol. The van der Waals surface area contributed by atoms with Gasteiger partial charge in [0, 0.05) is 40.8 Å². The fourth-order valence-corrected chi connectivity index (χ4v) is 3.50. The molecule has 0 bridgehead atoms. The maximum Gasteiger partial charge on any atom is 0.0928 e. The second kappa shape index (κ2) is 7.30. The average molecular weight is 331 g/mol. The SMILES string of the molecule is CC1CN(C)C(C)CC1NCC(O)c1ccc(Cl)cc1Cl. The van der Waals surface area contributed by atoms with Crippen molar-refractivity contribution >= 4 is 23.2 Å². The van der Waals surface area contributed by atoms with Crippen LogP contribution in [0, 0.1) is 5.92 Å². The number of piperidine rings is 1. The molecule has 4 atom stereocenters. The third-order valence-corrected chi connectivity index (χ3v) is 5.07. The van der Waals surface area contributed by atoms with Crippen LogP contribution in [0.25, 0.3) is 0 Å². The number of likely N-dealkylation sites (tertiary alicyclic amines) is 1. The number of benzene rings is 1. The van der Waals surface area contributed by atoms with Gasteiger partial charge in [0.15, 0.2) is 0 Å². The van der Waals surface area contributed by atoms with Crippen LogP contribution in [0.4, 0.5) is 0 Å². The van der Waals surface area contributed by atoms with Crippen molar-refractivity contribution in [2.24, 2.45) is 5.92 Å². The lowest BCUT2D eigenvalue weighted by Crippen LogP contribution is -2.51. The number of aliphatic hydroxyl groups is 1.